The summed E-state index contributed by atoms with van der Waals surface area (Å²) in [5.41, 5.74) is 2.08. The van der Waals surface area contributed by atoms with Crippen molar-refractivity contribution in [1.82, 2.24) is 5.32 Å². The first-order valence-corrected chi connectivity index (χ1v) is 5.89. The Bertz CT molecular complexity index is 414. The normalized spacial score (nSPS) is 16.8. The van der Waals surface area contributed by atoms with Crippen molar-refractivity contribution in [2.45, 2.75) is 25.8 Å². The molecular formula is C12H17N3O2. The van der Waals surface area contributed by atoms with Gasteiger partial charge in [0.2, 0.25) is 0 Å². The van der Waals surface area contributed by atoms with Gasteiger partial charge in [-0.25, -0.2) is 0 Å². The maximum absolute atomic E-state index is 10.7. The Labute approximate surface area is 100 Å². The summed E-state index contributed by atoms with van der Waals surface area (Å²) >= 11 is 0. The van der Waals surface area contributed by atoms with E-state index < -0.39 is 0 Å². The number of aryl methyl sites for hydroxylation is 1. The number of benzene rings is 1. The SMILES string of the molecule is Cc1ccc([N+](=O)[O-])cc1NC1CCNCC1. The molecule has 1 saturated heterocycles. The molecule has 2 N–H and O–H groups in total. The standard InChI is InChI=1S/C12H17N3O2/c1-9-2-3-11(15(16)17)8-12(9)14-10-4-6-13-7-5-10/h2-3,8,10,13-14H,4-7H2,1H3. The van der Waals surface area contributed by atoms with E-state index in [1.165, 1.54) is 0 Å². The van der Waals surface area contributed by atoms with Gasteiger partial charge in [0.1, 0.15) is 0 Å². The minimum atomic E-state index is -0.354. The largest absolute Gasteiger partial charge is 0.382 e. The van der Waals surface area contributed by atoms with Crippen LogP contribution in [0.2, 0.25) is 0 Å². The molecule has 1 aromatic rings. The second kappa shape index (κ2) is 5.14. The zero-order valence-corrected chi connectivity index (χ0v) is 9.90. The number of non-ortho nitro benzene ring substituents is 1. The fourth-order valence-corrected chi connectivity index (χ4v) is 2.07. The number of rotatable bonds is 3. The van der Waals surface area contributed by atoms with Crippen LogP contribution in [0.25, 0.3) is 0 Å². The number of nitro benzene ring substituents is 1. The predicted octanol–water partition coefficient (Wildman–Crippen LogP) is 2.07. The van der Waals surface area contributed by atoms with Crippen LogP contribution in [0.15, 0.2) is 18.2 Å². The predicted molar refractivity (Wildman–Crippen MR) is 67.3 cm³/mol. The van der Waals surface area contributed by atoms with E-state index in [-0.39, 0.29) is 10.6 Å². The summed E-state index contributed by atoms with van der Waals surface area (Å²) < 4.78 is 0. The van der Waals surface area contributed by atoms with Gasteiger partial charge in [0.25, 0.3) is 5.69 Å². The Hall–Kier alpha value is -1.62. The molecule has 0 spiro atoms. The average molecular weight is 235 g/mol. The summed E-state index contributed by atoms with van der Waals surface area (Å²) in [6.07, 6.45) is 2.12. The first-order valence-electron chi connectivity index (χ1n) is 5.89. The van der Waals surface area contributed by atoms with Crippen LogP contribution in [0.4, 0.5) is 11.4 Å². The van der Waals surface area contributed by atoms with Gasteiger partial charge in [0.05, 0.1) is 4.92 Å². The monoisotopic (exact) mass is 235 g/mol. The molecule has 0 amide bonds. The highest BCUT2D eigenvalue weighted by atomic mass is 16.6. The molecule has 2 rings (SSSR count). The van der Waals surface area contributed by atoms with Crippen LogP contribution in [-0.4, -0.2) is 24.1 Å². The van der Waals surface area contributed by atoms with Crippen molar-refractivity contribution in [3.05, 3.63) is 33.9 Å². The first kappa shape index (κ1) is 11.9. The van der Waals surface area contributed by atoms with Crippen molar-refractivity contribution in [2.24, 2.45) is 0 Å². The highest BCUT2D eigenvalue weighted by Gasteiger charge is 2.15. The molecule has 0 unspecified atom stereocenters. The van der Waals surface area contributed by atoms with Crippen LogP contribution in [-0.2, 0) is 0 Å². The third-order valence-electron chi connectivity index (χ3n) is 3.13. The van der Waals surface area contributed by atoms with Crippen molar-refractivity contribution in [3.63, 3.8) is 0 Å². The minimum Gasteiger partial charge on any atom is -0.382 e. The van der Waals surface area contributed by atoms with Crippen molar-refractivity contribution in [1.29, 1.82) is 0 Å². The van der Waals surface area contributed by atoms with Gasteiger partial charge in [0, 0.05) is 23.9 Å². The van der Waals surface area contributed by atoms with Crippen LogP contribution < -0.4 is 10.6 Å². The molecule has 0 aliphatic carbocycles. The lowest BCUT2D eigenvalue weighted by Gasteiger charge is -2.25. The topological polar surface area (TPSA) is 67.2 Å². The van der Waals surface area contributed by atoms with E-state index in [9.17, 15) is 10.1 Å². The van der Waals surface area contributed by atoms with Crippen LogP contribution in [0.1, 0.15) is 18.4 Å². The Morgan fingerprint density at radius 1 is 1.41 bits per heavy atom. The minimum absolute atomic E-state index is 0.145. The van der Waals surface area contributed by atoms with Crippen molar-refractivity contribution < 1.29 is 4.92 Å². The van der Waals surface area contributed by atoms with E-state index in [1.54, 1.807) is 18.2 Å². The number of anilines is 1. The van der Waals surface area contributed by atoms with E-state index in [4.69, 9.17) is 0 Å². The van der Waals surface area contributed by atoms with Crippen LogP contribution >= 0.6 is 0 Å². The second-order valence-corrected chi connectivity index (χ2v) is 4.42. The van der Waals surface area contributed by atoms with E-state index in [0.717, 1.165) is 37.2 Å². The summed E-state index contributed by atoms with van der Waals surface area (Å²) in [6, 6.07) is 5.37. The number of nitrogens with zero attached hydrogens (tertiary/aromatic N) is 1. The van der Waals surface area contributed by atoms with E-state index in [1.807, 2.05) is 6.92 Å². The zero-order chi connectivity index (χ0) is 12.3. The molecule has 1 fully saturated rings. The maximum Gasteiger partial charge on any atom is 0.271 e. The van der Waals surface area contributed by atoms with Crippen LogP contribution in [0.3, 0.4) is 0 Å². The fourth-order valence-electron chi connectivity index (χ4n) is 2.07. The molecule has 0 bridgehead atoms. The molecule has 0 atom stereocenters. The average Bonchev–Trinajstić information content (AvgIpc) is 2.33. The number of hydrogen-bond acceptors (Lipinski definition) is 4. The Morgan fingerprint density at radius 2 is 2.12 bits per heavy atom. The molecule has 5 heteroatoms. The number of nitrogens with one attached hydrogen (secondary N) is 2. The lowest BCUT2D eigenvalue weighted by Crippen LogP contribution is -2.35. The summed E-state index contributed by atoms with van der Waals surface area (Å²) in [5.74, 6) is 0. The van der Waals surface area contributed by atoms with Gasteiger partial charge >= 0.3 is 0 Å². The fraction of sp³-hybridized carbons (Fsp3) is 0.500. The number of nitro groups is 1. The lowest BCUT2D eigenvalue weighted by molar-refractivity contribution is -0.384. The molecule has 1 aliphatic heterocycles. The van der Waals surface area contributed by atoms with E-state index >= 15 is 0 Å². The molecular weight excluding hydrogens is 218 g/mol. The molecule has 5 nitrogen and oxygen atoms in total. The second-order valence-electron chi connectivity index (χ2n) is 4.42. The van der Waals surface area contributed by atoms with E-state index in [0.29, 0.717) is 6.04 Å². The van der Waals surface area contributed by atoms with Gasteiger partial charge < -0.3 is 10.6 Å². The molecule has 0 saturated carbocycles. The Morgan fingerprint density at radius 3 is 2.76 bits per heavy atom. The van der Waals surface area contributed by atoms with Crippen molar-refractivity contribution in [2.75, 3.05) is 18.4 Å². The quantitative estimate of drug-likeness (QED) is 0.621. The van der Waals surface area contributed by atoms with Crippen LogP contribution in [0.5, 0.6) is 0 Å². The molecule has 92 valence electrons. The van der Waals surface area contributed by atoms with Gasteiger partial charge in [0.15, 0.2) is 0 Å². The molecule has 1 aliphatic rings. The molecule has 17 heavy (non-hydrogen) atoms. The van der Waals surface area contributed by atoms with Gasteiger partial charge in [-0.15, -0.1) is 0 Å². The summed E-state index contributed by atoms with van der Waals surface area (Å²) in [4.78, 5) is 10.4. The summed E-state index contributed by atoms with van der Waals surface area (Å²) in [7, 11) is 0. The molecule has 1 aromatic carbocycles. The molecule has 0 radical (unpaired) electrons. The number of piperidine rings is 1. The van der Waals surface area contributed by atoms with Gasteiger partial charge in [-0.05, 0) is 38.4 Å². The third kappa shape index (κ3) is 2.94. The van der Waals surface area contributed by atoms with Gasteiger partial charge in [-0.2, -0.15) is 0 Å². The van der Waals surface area contributed by atoms with E-state index in [2.05, 4.69) is 10.6 Å². The van der Waals surface area contributed by atoms with Crippen molar-refractivity contribution >= 4 is 11.4 Å². The maximum atomic E-state index is 10.7. The zero-order valence-electron chi connectivity index (χ0n) is 9.90. The Balaban J connectivity index is 2.13. The Kier molecular flexibility index (Phi) is 3.58. The molecule has 0 aromatic heterocycles. The third-order valence-corrected chi connectivity index (χ3v) is 3.13. The first-order chi connectivity index (χ1) is 8.16. The van der Waals surface area contributed by atoms with Crippen molar-refractivity contribution in [3.8, 4) is 0 Å². The highest BCUT2D eigenvalue weighted by molar-refractivity contribution is 5.57. The highest BCUT2D eigenvalue weighted by Crippen LogP contribution is 2.23. The number of hydrogen-bond donors (Lipinski definition) is 2. The van der Waals surface area contributed by atoms with Gasteiger partial charge in [-0.3, -0.25) is 10.1 Å². The van der Waals surface area contributed by atoms with Gasteiger partial charge in [-0.1, -0.05) is 6.07 Å². The molecule has 1 heterocycles. The summed E-state index contributed by atoms with van der Waals surface area (Å²) in [6.45, 7) is 3.98. The summed E-state index contributed by atoms with van der Waals surface area (Å²) in [5, 5.41) is 17.4. The van der Waals surface area contributed by atoms with Crippen LogP contribution in [0, 0.1) is 17.0 Å². The smallest absolute Gasteiger partial charge is 0.271 e. The lowest BCUT2D eigenvalue weighted by atomic mass is 10.1.